The summed E-state index contributed by atoms with van der Waals surface area (Å²) in [6.07, 6.45) is 2.01. The molecule has 1 heterocycles. The highest BCUT2D eigenvalue weighted by atomic mass is 16.5. The van der Waals surface area contributed by atoms with Gasteiger partial charge in [0.2, 0.25) is 0 Å². The average molecular weight is 363 g/mol. The van der Waals surface area contributed by atoms with Gasteiger partial charge in [0.1, 0.15) is 0 Å². The Morgan fingerprint density at radius 3 is 2.42 bits per heavy atom. The SMILES string of the molecule is CCN1CCN(CCCCNC(=O)NCC(OC)c2ccccc2)CC1. The lowest BCUT2D eigenvalue weighted by Gasteiger charge is -2.33. The predicted octanol–water partition coefficient (Wildman–Crippen LogP) is 2.09. The Morgan fingerprint density at radius 1 is 1.08 bits per heavy atom. The zero-order valence-electron chi connectivity index (χ0n) is 16.2. The van der Waals surface area contributed by atoms with Crippen LogP contribution in [-0.4, -0.2) is 75.3 Å². The number of carbonyl (C=O) groups is 1. The monoisotopic (exact) mass is 362 g/mol. The van der Waals surface area contributed by atoms with Gasteiger partial charge in [-0.05, 0) is 31.5 Å². The number of methoxy groups -OCH3 is 1. The van der Waals surface area contributed by atoms with Gasteiger partial charge in [-0.1, -0.05) is 37.3 Å². The van der Waals surface area contributed by atoms with Crippen molar-refractivity contribution >= 4 is 6.03 Å². The molecule has 0 aromatic heterocycles. The molecule has 146 valence electrons. The molecule has 1 aliphatic rings. The molecule has 0 aliphatic carbocycles. The van der Waals surface area contributed by atoms with Crippen LogP contribution in [0.5, 0.6) is 0 Å². The average Bonchev–Trinajstić information content (AvgIpc) is 2.69. The predicted molar refractivity (Wildman–Crippen MR) is 105 cm³/mol. The van der Waals surface area contributed by atoms with Crippen molar-refractivity contribution in [2.45, 2.75) is 25.9 Å². The summed E-state index contributed by atoms with van der Waals surface area (Å²) in [7, 11) is 1.66. The lowest BCUT2D eigenvalue weighted by molar-refractivity contribution is 0.104. The highest BCUT2D eigenvalue weighted by Crippen LogP contribution is 2.14. The molecular formula is C20H34N4O2. The van der Waals surface area contributed by atoms with Gasteiger partial charge in [-0.15, -0.1) is 0 Å². The van der Waals surface area contributed by atoms with Crippen molar-refractivity contribution < 1.29 is 9.53 Å². The third-order valence-electron chi connectivity index (χ3n) is 5.00. The number of nitrogens with zero attached hydrogens (tertiary/aromatic N) is 2. The fourth-order valence-electron chi connectivity index (χ4n) is 3.24. The first kappa shape index (κ1) is 20.7. The van der Waals surface area contributed by atoms with E-state index in [0.717, 1.165) is 31.5 Å². The molecule has 6 nitrogen and oxygen atoms in total. The van der Waals surface area contributed by atoms with E-state index in [9.17, 15) is 4.79 Å². The molecular weight excluding hydrogens is 328 g/mol. The lowest BCUT2D eigenvalue weighted by Crippen LogP contribution is -2.46. The highest BCUT2D eigenvalue weighted by molar-refractivity contribution is 5.73. The van der Waals surface area contributed by atoms with Crippen LogP contribution in [-0.2, 0) is 4.74 Å². The van der Waals surface area contributed by atoms with Crippen molar-refractivity contribution in [2.75, 3.05) is 59.5 Å². The third-order valence-corrected chi connectivity index (χ3v) is 5.00. The molecule has 2 rings (SSSR count). The van der Waals surface area contributed by atoms with Gasteiger partial charge >= 0.3 is 6.03 Å². The van der Waals surface area contributed by atoms with Gasteiger partial charge in [-0.3, -0.25) is 0 Å². The second-order valence-corrected chi connectivity index (χ2v) is 6.75. The third kappa shape index (κ3) is 7.32. The van der Waals surface area contributed by atoms with Crippen molar-refractivity contribution in [3.63, 3.8) is 0 Å². The Hall–Kier alpha value is -1.63. The molecule has 1 atom stereocenters. The maximum atomic E-state index is 11.9. The molecule has 0 spiro atoms. The van der Waals surface area contributed by atoms with Crippen LogP contribution in [0.1, 0.15) is 31.4 Å². The first-order valence-electron chi connectivity index (χ1n) is 9.77. The van der Waals surface area contributed by atoms with Crippen LogP contribution >= 0.6 is 0 Å². The molecule has 1 fully saturated rings. The minimum atomic E-state index is -0.125. The number of benzene rings is 1. The van der Waals surface area contributed by atoms with Crippen molar-refractivity contribution in [2.24, 2.45) is 0 Å². The largest absolute Gasteiger partial charge is 0.375 e. The van der Waals surface area contributed by atoms with Crippen LogP contribution < -0.4 is 10.6 Å². The number of urea groups is 1. The number of nitrogens with one attached hydrogen (secondary N) is 2. The maximum Gasteiger partial charge on any atom is 0.314 e. The van der Waals surface area contributed by atoms with Gasteiger partial charge in [-0.2, -0.15) is 0 Å². The molecule has 0 saturated carbocycles. The van der Waals surface area contributed by atoms with Gasteiger partial charge in [0.25, 0.3) is 0 Å². The highest BCUT2D eigenvalue weighted by Gasteiger charge is 2.14. The van der Waals surface area contributed by atoms with E-state index in [4.69, 9.17) is 4.74 Å². The molecule has 26 heavy (non-hydrogen) atoms. The van der Waals surface area contributed by atoms with E-state index < -0.39 is 0 Å². The minimum absolute atomic E-state index is 0.122. The number of likely N-dealkylation sites (N-methyl/N-ethyl adjacent to an activating group) is 1. The maximum absolute atomic E-state index is 11.9. The van der Waals surface area contributed by atoms with E-state index in [-0.39, 0.29) is 12.1 Å². The number of ether oxygens (including phenoxy) is 1. The Kier molecular flexibility index (Phi) is 9.45. The molecule has 0 bridgehead atoms. The topological polar surface area (TPSA) is 56.8 Å². The molecule has 6 heteroatoms. The number of hydrogen-bond donors (Lipinski definition) is 2. The van der Waals surface area contributed by atoms with Crippen molar-refractivity contribution in [1.82, 2.24) is 20.4 Å². The number of rotatable bonds is 10. The first-order valence-corrected chi connectivity index (χ1v) is 9.77. The zero-order chi connectivity index (χ0) is 18.6. The van der Waals surface area contributed by atoms with Crippen LogP contribution in [0.3, 0.4) is 0 Å². The second kappa shape index (κ2) is 11.9. The Labute approximate surface area is 157 Å². The summed E-state index contributed by atoms with van der Waals surface area (Å²) in [5, 5.41) is 5.83. The van der Waals surface area contributed by atoms with Gasteiger partial charge in [0.15, 0.2) is 0 Å². The summed E-state index contributed by atoms with van der Waals surface area (Å²) in [4.78, 5) is 16.9. The molecule has 1 unspecified atom stereocenters. The lowest BCUT2D eigenvalue weighted by atomic mass is 10.1. The quantitative estimate of drug-likeness (QED) is 0.626. The standard InChI is InChI=1S/C20H34N4O2/c1-3-23-13-15-24(16-14-23)12-8-7-11-21-20(25)22-17-19(26-2)18-9-5-4-6-10-18/h4-6,9-10,19H,3,7-8,11-17H2,1-2H3,(H2,21,22,25). The smallest absolute Gasteiger partial charge is 0.314 e. The van der Waals surface area contributed by atoms with E-state index >= 15 is 0 Å². The molecule has 1 saturated heterocycles. The number of hydrogen-bond acceptors (Lipinski definition) is 4. The minimum Gasteiger partial charge on any atom is -0.375 e. The number of piperazine rings is 1. The molecule has 2 N–H and O–H groups in total. The fraction of sp³-hybridized carbons (Fsp3) is 0.650. The molecule has 1 aromatic carbocycles. The van der Waals surface area contributed by atoms with E-state index in [1.54, 1.807) is 7.11 Å². The van der Waals surface area contributed by atoms with Gasteiger partial charge in [0, 0.05) is 46.4 Å². The summed E-state index contributed by atoms with van der Waals surface area (Å²) in [6, 6.07) is 9.81. The fourth-order valence-corrected chi connectivity index (χ4v) is 3.24. The van der Waals surface area contributed by atoms with Crippen LogP contribution in [0.15, 0.2) is 30.3 Å². The number of carbonyl (C=O) groups excluding carboxylic acids is 1. The summed E-state index contributed by atoms with van der Waals surface area (Å²) < 4.78 is 5.46. The normalized spacial score (nSPS) is 17.0. The Morgan fingerprint density at radius 2 is 1.77 bits per heavy atom. The molecule has 0 radical (unpaired) electrons. The summed E-state index contributed by atoms with van der Waals surface area (Å²) in [5.41, 5.74) is 1.07. The van der Waals surface area contributed by atoms with Gasteiger partial charge < -0.3 is 25.2 Å². The van der Waals surface area contributed by atoms with E-state index in [1.165, 1.54) is 26.2 Å². The van der Waals surface area contributed by atoms with Crippen molar-refractivity contribution in [3.05, 3.63) is 35.9 Å². The van der Waals surface area contributed by atoms with E-state index in [0.29, 0.717) is 13.1 Å². The zero-order valence-corrected chi connectivity index (χ0v) is 16.2. The van der Waals surface area contributed by atoms with Crippen LogP contribution in [0, 0.1) is 0 Å². The molecule has 2 amide bonds. The first-order chi connectivity index (χ1) is 12.7. The van der Waals surface area contributed by atoms with Gasteiger partial charge in [0.05, 0.1) is 6.10 Å². The summed E-state index contributed by atoms with van der Waals surface area (Å²) in [5.74, 6) is 0. The molecule has 1 aromatic rings. The number of unbranched alkanes of at least 4 members (excludes halogenated alkanes) is 1. The van der Waals surface area contributed by atoms with Crippen LogP contribution in [0.2, 0.25) is 0 Å². The van der Waals surface area contributed by atoms with Crippen molar-refractivity contribution in [3.8, 4) is 0 Å². The second-order valence-electron chi connectivity index (χ2n) is 6.75. The van der Waals surface area contributed by atoms with E-state index in [2.05, 4.69) is 27.4 Å². The summed E-state index contributed by atoms with van der Waals surface area (Å²) >= 11 is 0. The van der Waals surface area contributed by atoms with Crippen molar-refractivity contribution in [1.29, 1.82) is 0 Å². The van der Waals surface area contributed by atoms with E-state index in [1.807, 2.05) is 30.3 Å². The Balaban J connectivity index is 1.52. The molecule has 1 aliphatic heterocycles. The van der Waals surface area contributed by atoms with Crippen LogP contribution in [0.4, 0.5) is 4.79 Å². The number of amides is 2. The van der Waals surface area contributed by atoms with Crippen LogP contribution in [0.25, 0.3) is 0 Å². The Bertz CT molecular complexity index is 504. The van der Waals surface area contributed by atoms with Gasteiger partial charge in [-0.25, -0.2) is 4.79 Å². The summed E-state index contributed by atoms with van der Waals surface area (Å²) in [6.45, 7) is 10.4.